The molecule has 5 nitrogen and oxygen atoms in total. The number of ether oxygens (including phenoxy) is 2. The molecule has 0 spiro atoms. The number of hydrogen-bond donors (Lipinski definition) is 0. The zero-order chi connectivity index (χ0) is 24.5. The summed E-state index contributed by atoms with van der Waals surface area (Å²) in [5.74, 6) is -3.56. The van der Waals surface area contributed by atoms with E-state index < -0.39 is 35.0 Å². The topological polar surface area (TPSA) is 65.7 Å². The molecule has 174 valence electrons. The zero-order valence-electron chi connectivity index (χ0n) is 18.2. The van der Waals surface area contributed by atoms with E-state index in [9.17, 15) is 22.8 Å². The lowest BCUT2D eigenvalue weighted by molar-refractivity contribution is -0.154. The standard InChI is InChI=1S/C26H19F3O5/c1-15(2)25(31)33-19-12-13-20-21(14-19)34-24(26(27,28)29)23(22(20)30)32-18-10-8-17(9-11-18)16-6-4-3-5-7-16/h3-15H,1-2H3. The molecule has 0 fully saturated rings. The highest BCUT2D eigenvalue weighted by Crippen LogP contribution is 2.39. The molecule has 8 heteroatoms. The van der Waals surface area contributed by atoms with E-state index in [4.69, 9.17) is 13.9 Å². The van der Waals surface area contributed by atoms with E-state index in [2.05, 4.69) is 0 Å². The van der Waals surface area contributed by atoms with E-state index in [0.717, 1.165) is 17.2 Å². The largest absolute Gasteiger partial charge is 0.453 e. The van der Waals surface area contributed by atoms with Crippen LogP contribution in [0, 0.1) is 5.92 Å². The number of hydrogen-bond acceptors (Lipinski definition) is 5. The molecule has 0 bridgehead atoms. The number of benzene rings is 3. The molecule has 0 aliphatic carbocycles. The third-order valence-corrected chi connectivity index (χ3v) is 4.95. The van der Waals surface area contributed by atoms with Gasteiger partial charge < -0.3 is 13.9 Å². The minimum Gasteiger partial charge on any atom is -0.449 e. The first-order valence-electron chi connectivity index (χ1n) is 10.4. The van der Waals surface area contributed by atoms with Crippen LogP contribution in [-0.2, 0) is 11.0 Å². The highest BCUT2D eigenvalue weighted by Gasteiger charge is 2.40. The molecule has 4 aromatic rings. The lowest BCUT2D eigenvalue weighted by atomic mass is 10.1. The Morgan fingerprint density at radius 1 is 0.882 bits per heavy atom. The van der Waals surface area contributed by atoms with Gasteiger partial charge >= 0.3 is 12.1 Å². The van der Waals surface area contributed by atoms with E-state index in [-0.39, 0.29) is 22.5 Å². The lowest BCUT2D eigenvalue weighted by Crippen LogP contribution is -2.16. The zero-order valence-corrected chi connectivity index (χ0v) is 18.2. The van der Waals surface area contributed by atoms with Crippen molar-refractivity contribution in [2.45, 2.75) is 20.0 Å². The van der Waals surface area contributed by atoms with Crippen molar-refractivity contribution in [2.24, 2.45) is 5.92 Å². The molecule has 0 amide bonds. The fourth-order valence-electron chi connectivity index (χ4n) is 3.20. The van der Waals surface area contributed by atoms with Crippen LogP contribution < -0.4 is 14.9 Å². The summed E-state index contributed by atoms with van der Waals surface area (Å²) in [6.07, 6.45) is -5.00. The number of alkyl halides is 3. The Balaban J connectivity index is 1.73. The maximum atomic E-state index is 13.8. The Morgan fingerprint density at radius 2 is 1.50 bits per heavy atom. The van der Waals surface area contributed by atoms with Crippen LogP contribution in [0.15, 0.2) is 82.0 Å². The molecule has 1 aromatic heterocycles. The smallest absolute Gasteiger partial charge is 0.449 e. The number of fused-ring (bicyclic) bond motifs is 1. The normalized spacial score (nSPS) is 11.6. The van der Waals surface area contributed by atoms with Gasteiger partial charge in [0.1, 0.15) is 17.1 Å². The maximum Gasteiger partial charge on any atom is 0.453 e. The third-order valence-electron chi connectivity index (χ3n) is 4.95. The van der Waals surface area contributed by atoms with Crippen LogP contribution in [0.2, 0.25) is 0 Å². The van der Waals surface area contributed by atoms with Gasteiger partial charge in [0.15, 0.2) is 0 Å². The minimum absolute atomic E-state index is 0.0346. The molecule has 0 saturated heterocycles. The molecule has 0 N–H and O–H groups in total. The Morgan fingerprint density at radius 3 is 2.12 bits per heavy atom. The Kier molecular flexibility index (Phi) is 6.15. The second-order valence-electron chi connectivity index (χ2n) is 7.81. The van der Waals surface area contributed by atoms with Crippen molar-refractivity contribution in [2.75, 3.05) is 0 Å². The van der Waals surface area contributed by atoms with Crippen LogP contribution in [0.5, 0.6) is 17.2 Å². The Bertz CT molecular complexity index is 1390. The van der Waals surface area contributed by atoms with Gasteiger partial charge in [0.25, 0.3) is 5.76 Å². The summed E-state index contributed by atoms with van der Waals surface area (Å²) in [5, 5.41) is -0.145. The SMILES string of the molecule is CC(C)C(=O)Oc1ccc2c(=O)c(Oc3ccc(-c4ccccc4)cc3)c(C(F)(F)F)oc2c1. The van der Waals surface area contributed by atoms with Crippen LogP contribution in [0.4, 0.5) is 13.2 Å². The minimum atomic E-state index is -5.00. The van der Waals surface area contributed by atoms with Crippen LogP contribution in [0.3, 0.4) is 0 Å². The highest BCUT2D eigenvalue weighted by atomic mass is 19.4. The van der Waals surface area contributed by atoms with Crippen molar-refractivity contribution < 1.29 is 31.9 Å². The van der Waals surface area contributed by atoms with Gasteiger partial charge in [-0.05, 0) is 35.4 Å². The average Bonchev–Trinajstić information content (AvgIpc) is 2.81. The van der Waals surface area contributed by atoms with Gasteiger partial charge in [-0.3, -0.25) is 9.59 Å². The number of halogens is 3. The molecule has 0 aliphatic rings. The first-order chi connectivity index (χ1) is 16.1. The van der Waals surface area contributed by atoms with Gasteiger partial charge in [-0.2, -0.15) is 13.2 Å². The number of carbonyl (C=O) groups is 1. The van der Waals surface area contributed by atoms with Crippen molar-refractivity contribution in [1.29, 1.82) is 0 Å². The van der Waals surface area contributed by atoms with Crippen molar-refractivity contribution in [3.63, 3.8) is 0 Å². The van der Waals surface area contributed by atoms with Crippen LogP contribution in [0.1, 0.15) is 19.6 Å². The molecular weight excluding hydrogens is 449 g/mol. The third kappa shape index (κ3) is 4.80. The highest BCUT2D eigenvalue weighted by molar-refractivity contribution is 5.81. The van der Waals surface area contributed by atoms with Gasteiger partial charge in [0, 0.05) is 6.07 Å². The quantitative estimate of drug-likeness (QED) is 0.237. The first-order valence-corrected chi connectivity index (χ1v) is 10.4. The van der Waals surface area contributed by atoms with Crippen LogP contribution in [-0.4, -0.2) is 5.97 Å². The lowest BCUT2D eigenvalue weighted by Gasteiger charge is -2.14. The fourth-order valence-corrected chi connectivity index (χ4v) is 3.20. The first kappa shape index (κ1) is 23.1. The van der Waals surface area contributed by atoms with Crippen LogP contribution in [0.25, 0.3) is 22.1 Å². The molecule has 0 aliphatic heterocycles. The van der Waals surface area contributed by atoms with Gasteiger partial charge in [-0.15, -0.1) is 0 Å². The van der Waals surface area contributed by atoms with Gasteiger partial charge in [0.05, 0.1) is 11.3 Å². The average molecular weight is 468 g/mol. The van der Waals surface area contributed by atoms with Crippen molar-refractivity contribution in [3.8, 4) is 28.4 Å². The van der Waals surface area contributed by atoms with Crippen molar-refractivity contribution in [3.05, 3.63) is 88.8 Å². The molecule has 34 heavy (non-hydrogen) atoms. The second-order valence-corrected chi connectivity index (χ2v) is 7.81. The summed E-state index contributed by atoms with van der Waals surface area (Å²) in [7, 11) is 0. The summed E-state index contributed by atoms with van der Waals surface area (Å²) in [6.45, 7) is 3.22. The monoisotopic (exact) mass is 468 g/mol. The number of esters is 1. The molecule has 4 rings (SSSR count). The molecule has 3 aromatic carbocycles. The van der Waals surface area contributed by atoms with Gasteiger partial charge in [-0.25, -0.2) is 0 Å². The summed E-state index contributed by atoms with van der Waals surface area (Å²) in [5.41, 5.74) is 0.378. The molecule has 0 radical (unpaired) electrons. The van der Waals surface area contributed by atoms with E-state index in [1.54, 1.807) is 26.0 Å². The van der Waals surface area contributed by atoms with Crippen LogP contribution >= 0.6 is 0 Å². The fraction of sp³-hybridized carbons (Fsp3) is 0.154. The second kappa shape index (κ2) is 9.05. The Hall–Kier alpha value is -4.07. The molecule has 1 heterocycles. The summed E-state index contributed by atoms with van der Waals surface area (Å²) >= 11 is 0. The maximum absolute atomic E-state index is 13.8. The van der Waals surface area contributed by atoms with E-state index in [1.807, 2.05) is 30.3 Å². The van der Waals surface area contributed by atoms with Crippen molar-refractivity contribution >= 4 is 16.9 Å². The summed E-state index contributed by atoms with van der Waals surface area (Å²) in [6, 6.07) is 19.3. The van der Waals surface area contributed by atoms with E-state index in [0.29, 0.717) is 0 Å². The Labute approximate surface area is 192 Å². The molecule has 0 saturated carbocycles. The summed E-state index contributed by atoms with van der Waals surface area (Å²) in [4.78, 5) is 24.7. The van der Waals surface area contributed by atoms with Gasteiger partial charge in [-0.1, -0.05) is 56.3 Å². The molecule has 0 atom stereocenters. The number of rotatable bonds is 5. The predicted octanol–water partition coefficient (Wildman–Crippen LogP) is 6.83. The summed E-state index contributed by atoms with van der Waals surface area (Å²) < 4.78 is 56.8. The molecular formula is C26H19F3O5. The van der Waals surface area contributed by atoms with E-state index in [1.165, 1.54) is 24.3 Å². The van der Waals surface area contributed by atoms with E-state index >= 15 is 0 Å². The van der Waals surface area contributed by atoms with Gasteiger partial charge in [0.2, 0.25) is 11.2 Å². The van der Waals surface area contributed by atoms with Crippen molar-refractivity contribution in [1.82, 2.24) is 0 Å². The predicted molar refractivity (Wildman–Crippen MR) is 120 cm³/mol. The number of carbonyl (C=O) groups excluding carboxylic acids is 1. The molecule has 0 unspecified atom stereocenters.